The number of hydrogen-bond acceptors (Lipinski definition) is 6. The summed E-state index contributed by atoms with van der Waals surface area (Å²) >= 11 is 0. The molecule has 0 aromatic rings. The molecule has 104 valence electrons. The molecule has 0 aromatic carbocycles. The van der Waals surface area contributed by atoms with E-state index >= 15 is 0 Å². The lowest BCUT2D eigenvalue weighted by Gasteiger charge is -2.35. The number of carbonyl (C=O) groups excluding carboxylic acids is 1. The maximum Gasteiger partial charge on any atom is 0.327 e. The van der Waals surface area contributed by atoms with Crippen LogP contribution in [0.5, 0.6) is 0 Å². The quantitative estimate of drug-likeness (QED) is 0.321. The Morgan fingerprint density at radius 2 is 1.83 bits per heavy atom. The van der Waals surface area contributed by atoms with Crippen molar-refractivity contribution in [1.82, 2.24) is 4.90 Å². The fourth-order valence-corrected chi connectivity index (χ4v) is 2.06. The van der Waals surface area contributed by atoms with Crippen LogP contribution in [0.1, 0.15) is 39.5 Å². The van der Waals surface area contributed by atoms with Gasteiger partial charge in [0.1, 0.15) is 5.54 Å². The molecule has 0 N–H and O–H groups in total. The molecular weight excluding hydrogens is 240 g/mol. The Hall–Kier alpha value is -1.37. The molecule has 0 aromatic heterocycles. The second-order valence-electron chi connectivity index (χ2n) is 4.86. The van der Waals surface area contributed by atoms with E-state index in [1.807, 2.05) is 0 Å². The molecule has 1 saturated heterocycles. The van der Waals surface area contributed by atoms with Crippen molar-refractivity contribution in [3.8, 4) is 0 Å². The van der Waals surface area contributed by atoms with Crippen molar-refractivity contribution in [2.45, 2.75) is 45.1 Å². The van der Waals surface area contributed by atoms with Gasteiger partial charge in [0, 0.05) is 0 Å². The third kappa shape index (κ3) is 4.14. The van der Waals surface area contributed by atoms with Gasteiger partial charge in [-0.1, -0.05) is 12.8 Å². The number of rotatable bonds is 5. The van der Waals surface area contributed by atoms with Crippen LogP contribution in [0, 0.1) is 10.1 Å². The van der Waals surface area contributed by atoms with E-state index in [0.29, 0.717) is 0 Å². The number of nitrogens with zero attached hydrogens (tertiary/aromatic N) is 2. The average molecular weight is 260 g/mol. The van der Waals surface area contributed by atoms with E-state index in [1.54, 1.807) is 13.8 Å². The third-order valence-corrected chi connectivity index (χ3v) is 3.24. The van der Waals surface area contributed by atoms with E-state index < -0.39 is 23.4 Å². The fraction of sp³-hybridized carbons (Fsp3) is 0.909. The molecule has 1 heterocycles. The van der Waals surface area contributed by atoms with Crippen molar-refractivity contribution in [3.05, 3.63) is 10.1 Å². The van der Waals surface area contributed by atoms with Crippen molar-refractivity contribution in [1.29, 1.82) is 0 Å². The van der Waals surface area contributed by atoms with Crippen molar-refractivity contribution < 1.29 is 19.5 Å². The monoisotopic (exact) mass is 260 g/mol. The lowest BCUT2D eigenvalue weighted by molar-refractivity contribution is -0.765. The molecule has 7 heteroatoms. The number of likely N-dealkylation sites (tertiary alicyclic amines) is 1. The smallest absolute Gasteiger partial charge is 0.327 e. The summed E-state index contributed by atoms with van der Waals surface area (Å²) in [6, 6.07) is 0. The molecule has 0 spiro atoms. The number of hydrogen-bond donors (Lipinski definition) is 0. The zero-order valence-electron chi connectivity index (χ0n) is 10.9. The van der Waals surface area contributed by atoms with Gasteiger partial charge < -0.3 is 4.74 Å². The van der Waals surface area contributed by atoms with Crippen LogP contribution in [0.3, 0.4) is 0 Å². The lowest BCUT2D eigenvalue weighted by atomic mass is 10.0. The zero-order valence-corrected chi connectivity index (χ0v) is 10.9. The predicted molar refractivity (Wildman–Crippen MR) is 63.2 cm³/mol. The minimum Gasteiger partial charge on any atom is -0.436 e. The van der Waals surface area contributed by atoms with Crippen LogP contribution < -0.4 is 0 Å². The van der Waals surface area contributed by atoms with Gasteiger partial charge in [0.25, 0.3) is 5.09 Å². The topological polar surface area (TPSA) is 81.9 Å². The third-order valence-electron chi connectivity index (χ3n) is 3.24. The molecule has 1 aliphatic rings. The lowest BCUT2D eigenvalue weighted by Crippen LogP contribution is -2.51. The molecule has 0 amide bonds. The Balaban J connectivity index is 2.49. The molecule has 0 aliphatic carbocycles. The Bertz CT molecular complexity index is 298. The first-order valence-electron chi connectivity index (χ1n) is 6.14. The summed E-state index contributed by atoms with van der Waals surface area (Å²) in [7, 11) is 0. The van der Waals surface area contributed by atoms with E-state index in [4.69, 9.17) is 4.74 Å². The Kier molecular flexibility index (Phi) is 5.33. The van der Waals surface area contributed by atoms with Crippen molar-refractivity contribution in [2.75, 3.05) is 19.9 Å². The van der Waals surface area contributed by atoms with Crippen LogP contribution in [-0.2, 0) is 14.4 Å². The standard InChI is InChI=1S/C11H20N2O5/c1-11(2,10(14)17-9-18-13(15)16)12-7-5-3-4-6-8-12/h3-9H2,1-2H3. The first-order valence-corrected chi connectivity index (χ1v) is 6.14. The highest BCUT2D eigenvalue weighted by Gasteiger charge is 2.36. The summed E-state index contributed by atoms with van der Waals surface area (Å²) in [6.45, 7) is 4.58. The number of esters is 1. The Morgan fingerprint density at radius 1 is 1.28 bits per heavy atom. The first kappa shape index (κ1) is 14.7. The minimum absolute atomic E-state index is 0.494. The second kappa shape index (κ2) is 6.53. The summed E-state index contributed by atoms with van der Waals surface area (Å²) in [5.41, 5.74) is -0.774. The zero-order chi connectivity index (χ0) is 13.6. The number of ether oxygens (including phenoxy) is 1. The maximum atomic E-state index is 11.9. The van der Waals surface area contributed by atoms with E-state index in [0.717, 1.165) is 25.9 Å². The van der Waals surface area contributed by atoms with Gasteiger partial charge in [-0.15, -0.1) is 10.1 Å². The van der Waals surface area contributed by atoms with Crippen LogP contribution in [0.15, 0.2) is 0 Å². The van der Waals surface area contributed by atoms with Gasteiger partial charge in [0.2, 0.25) is 6.79 Å². The Morgan fingerprint density at radius 3 is 2.33 bits per heavy atom. The van der Waals surface area contributed by atoms with Gasteiger partial charge in [0.05, 0.1) is 0 Å². The van der Waals surface area contributed by atoms with Gasteiger partial charge in [-0.05, 0) is 39.8 Å². The van der Waals surface area contributed by atoms with Gasteiger partial charge in [0.15, 0.2) is 0 Å². The highest BCUT2D eigenvalue weighted by atomic mass is 17.0. The van der Waals surface area contributed by atoms with E-state index in [9.17, 15) is 14.9 Å². The molecule has 18 heavy (non-hydrogen) atoms. The summed E-state index contributed by atoms with van der Waals surface area (Å²) < 4.78 is 4.77. The molecule has 0 unspecified atom stereocenters. The van der Waals surface area contributed by atoms with Crippen LogP contribution in [0.25, 0.3) is 0 Å². The van der Waals surface area contributed by atoms with Gasteiger partial charge >= 0.3 is 5.97 Å². The highest BCUT2D eigenvalue weighted by molar-refractivity contribution is 5.79. The summed E-state index contributed by atoms with van der Waals surface area (Å²) in [5, 5.41) is 8.98. The molecule has 1 fully saturated rings. The van der Waals surface area contributed by atoms with Gasteiger partial charge in [-0.25, -0.2) is 4.79 Å². The van der Waals surface area contributed by atoms with E-state index in [2.05, 4.69) is 9.74 Å². The van der Waals surface area contributed by atoms with Gasteiger partial charge in [-0.2, -0.15) is 0 Å². The highest BCUT2D eigenvalue weighted by Crippen LogP contribution is 2.21. The molecular formula is C11H20N2O5. The van der Waals surface area contributed by atoms with E-state index in [1.165, 1.54) is 12.8 Å². The van der Waals surface area contributed by atoms with Crippen LogP contribution in [0.2, 0.25) is 0 Å². The molecule has 1 rings (SSSR count). The molecule has 0 bridgehead atoms. The van der Waals surface area contributed by atoms with Crippen molar-refractivity contribution in [2.24, 2.45) is 0 Å². The van der Waals surface area contributed by atoms with E-state index in [-0.39, 0.29) is 0 Å². The van der Waals surface area contributed by atoms with Gasteiger partial charge in [-0.3, -0.25) is 9.74 Å². The Labute approximate surface area is 106 Å². The maximum absolute atomic E-state index is 11.9. The molecule has 0 saturated carbocycles. The van der Waals surface area contributed by atoms with Crippen LogP contribution in [-0.4, -0.2) is 41.4 Å². The van der Waals surface area contributed by atoms with Crippen LogP contribution >= 0.6 is 0 Å². The minimum atomic E-state index is -0.980. The van der Waals surface area contributed by atoms with Crippen molar-refractivity contribution in [3.63, 3.8) is 0 Å². The first-order chi connectivity index (χ1) is 8.44. The summed E-state index contributed by atoms with van der Waals surface area (Å²) in [5.74, 6) is -0.494. The SMILES string of the molecule is CC(C)(C(=O)OCO[N+](=O)[O-])N1CCCCCC1. The molecule has 1 aliphatic heterocycles. The summed E-state index contributed by atoms with van der Waals surface area (Å²) in [6.07, 6.45) is 4.46. The molecule has 7 nitrogen and oxygen atoms in total. The fourth-order valence-electron chi connectivity index (χ4n) is 2.06. The van der Waals surface area contributed by atoms with Crippen LogP contribution in [0.4, 0.5) is 0 Å². The number of carbonyl (C=O) groups is 1. The summed E-state index contributed by atoms with van der Waals surface area (Å²) in [4.78, 5) is 27.9. The van der Waals surface area contributed by atoms with Crippen molar-refractivity contribution >= 4 is 5.97 Å². The second-order valence-corrected chi connectivity index (χ2v) is 4.86. The largest absolute Gasteiger partial charge is 0.436 e. The average Bonchev–Trinajstić information content (AvgIpc) is 2.57. The normalized spacial score (nSPS) is 17.9. The molecule has 0 radical (unpaired) electrons. The molecule has 0 atom stereocenters. The predicted octanol–water partition coefficient (Wildman–Crippen LogP) is 1.35.